The van der Waals surface area contributed by atoms with Gasteiger partial charge in [-0.3, -0.25) is 0 Å². The van der Waals surface area contributed by atoms with Gasteiger partial charge in [0.2, 0.25) is 0 Å². The normalized spacial score (nSPS) is 53.8. The van der Waals surface area contributed by atoms with Crippen LogP contribution in [0.15, 0.2) is 12.2 Å². The standard InChI is InChI=1S/C18H26O2/c1-17-9-3-4-13(17)12-5-6-15-18(2,14(12)7-10-17)11-8-16(19)20-15/h8,11-15H,3-7,9-10H2,1-2H3/t12-,13-,14+,15?,17-,18+/m0/s1. The number of carbonyl (C=O) groups is 1. The lowest BCUT2D eigenvalue weighted by Gasteiger charge is -2.57. The van der Waals surface area contributed by atoms with Gasteiger partial charge in [0, 0.05) is 11.5 Å². The molecule has 110 valence electrons. The molecular weight excluding hydrogens is 248 g/mol. The molecule has 0 N–H and O–H groups in total. The Morgan fingerprint density at radius 2 is 1.95 bits per heavy atom. The van der Waals surface area contributed by atoms with Gasteiger partial charge in [-0.05, 0) is 61.7 Å². The van der Waals surface area contributed by atoms with Crippen LogP contribution in [0.5, 0.6) is 0 Å². The molecule has 4 rings (SSSR count). The Labute approximate surface area is 122 Å². The molecular formula is C18H26O2. The maximum absolute atomic E-state index is 11.5. The van der Waals surface area contributed by atoms with E-state index in [0.29, 0.717) is 5.41 Å². The van der Waals surface area contributed by atoms with Gasteiger partial charge in [-0.2, -0.15) is 0 Å². The van der Waals surface area contributed by atoms with Crippen LogP contribution in [0.1, 0.15) is 58.8 Å². The summed E-state index contributed by atoms with van der Waals surface area (Å²) in [5.41, 5.74) is 0.708. The van der Waals surface area contributed by atoms with Gasteiger partial charge in [0.15, 0.2) is 0 Å². The van der Waals surface area contributed by atoms with Crippen LogP contribution in [0.4, 0.5) is 0 Å². The van der Waals surface area contributed by atoms with Crippen LogP contribution >= 0.6 is 0 Å². The molecule has 1 heterocycles. The topological polar surface area (TPSA) is 26.3 Å². The van der Waals surface area contributed by atoms with Crippen molar-refractivity contribution in [2.45, 2.75) is 64.9 Å². The van der Waals surface area contributed by atoms with E-state index in [1.165, 1.54) is 38.5 Å². The molecule has 2 nitrogen and oxygen atoms in total. The first kappa shape index (κ1) is 12.9. The van der Waals surface area contributed by atoms with Crippen molar-refractivity contribution in [3.05, 3.63) is 12.2 Å². The molecule has 2 heteroatoms. The molecule has 3 aliphatic carbocycles. The van der Waals surface area contributed by atoms with Gasteiger partial charge in [-0.1, -0.05) is 26.3 Å². The molecule has 3 fully saturated rings. The minimum Gasteiger partial charge on any atom is -0.458 e. The maximum atomic E-state index is 11.5. The highest BCUT2D eigenvalue weighted by molar-refractivity contribution is 5.83. The number of rotatable bonds is 0. The Balaban J connectivity index is 1.68. The van der Waals surface area contributed by atoms with Crippen molar-refractivity contribution in [1.29, 1.82) is 0 Å². The smallest absolute Gasteiger partial charge is 0.330 e. The molecule has 3 saturated carbocycles. The summed E-state index contributed by atoms with van der Waals surface area (Å²) in [5.74, 6) is 2.37. The Bertz CT molecular complexity index is 468. The molecule has 0 radical (unpaired) electrons. The highest BCUT2D eigenvalue weighted by Gasteiger charge is 2.57. The van der Waals surface area contributed by atoms with E-state index in [9.17, 15) is 4.79 Å². The molecule has 6 atom stereocenters. The molecule has 20 heavy (non-hydrogen) atoms. The van der Waals surface area contributed by atoms with E-state index in [4.69, 9.17) is 4.74 Å². The molecule has 0 aromatic rings. The van der Waals surface area contributed by atoms with Gasteiger partial charge in [0.1, 0.15) is 6.10 Å². The number of esters is 1. The number of hydrogen-bond acceptors (Lipinski definition) is 2. The van der Waals surface area contributed by atoms with E-state index in [2.05, 4.69) is 19.9 Å². The number of fused-ring (bicyclic) bond motifs is 5. The first-order chi connectivity index (χ1) is 9.53. The molecule has 0 aromatic heterocycles. The van der Waals surface area contributed by atoms with Crippen LogP contribution < -0.4 is 0 Å². The second-order valence-corrected chi connectivity index (χ2v) is 8.16. The van der Waals surface area contributed by atoms with Gasteiger partial charge >= 0.3 is 5.97 Å². The zero-order valence-corrected chi connectivity index (χ0v) is 12.7. The molecule has 1 unspecified atom stereocenters. The third kappa shape index (κ3) is 1.60. The quantitative estimate of drug-likeness (QED) is 0.622. The lowest BCUT2D eigenvalue weighted by atomic mass is 9.49. The summed E-state index contributed by atoms with van der Waals surface area (Å²) in [7, 11) is 0. The van der Waals surface area contributed by atoms with Gasteiger partial charge in [-0.15, -0.1) is 0 Å². The van der Waals surface area contributed by atoms with Gasteiger partial charge in [0.05, 0.1) is 0 Å². The highest BCUT2D eigenvalue weighted by Crippen LogP contribution is 2.63. The third-order valence-corrected chi connectivity index (χ3v) is 7.31. The molecule has 0 spiro atoms. The monoisotopic (exact) mass is 274 g/mol. The molecule has 0 bridgehead atoms. The zero-order chi connectivity index (χ0) is 14.0. The lowest BCUT2D eigenvalue weighted by Crippen LogP contribution is -2.54. The minimum atomic E-state index is -0.132. The average Bonchev–Trinajstić information content (AvgIpc) is 2.81. The van der Waals surface area contributed by atoms with Crippen molar-refractivity contribution < 1.29 is 9.53 Å². The fourth-order valence-corrected chi connectivity index (χ4v) is 6.19. The SMILES string of the molecule is C[C@@]12CCC[C@H]1[C@@H]1CCC3OC(=O)C=C[C@]3(C)[C@@H]1CC2. The second kappa shape index (κ2) is 4.11. The number of ether oxygens (including phenoxy) is 1. The first-order valence-electron chi connectivity index (χ1n) is 8.43. The Morgan fingerprint density at radius 1 is 1.10 bits per heavy atom. The third-order valence-electron chi connectivity index (χ3n) is 7.31. The van der Waals surface area contributed by atoms with Crippen molar-refractivity contribution in [1.82, 2.24) is 0 Å². The zero-order valence-electron chi connectivity index (χ0n) is 12.7. The second-order valence-electron chi connectivity index (χ2n) is 8.16. The van der Waals surface area contributed by atoms with E-state index in [1.807, 2.05) is 0 Å². The first-order valence-corrected chi connectivity index (χ1v) is 8.43. The summed E-state index contributed by atoms with van der Waals surface area (Å²) >= 11 is 0. The van der Waals surface area contributed by atoms with E-state index in [1.54, 1.807) is 6.08 Å². The fraction of sp³-hybridized carbons (Fsp3) is 0.833. The van der Waals surface area contributed by atoms with Crippen LogP contribution in [0, 0.1) is 28.6 Å². The molecule has 0 aromatic carbocycles. The van der Waals surface area contributed by atoms with Crippen LogP contribution in [-0.2, 0) is 9.53 Å². The maximum Gasteiger partial charge on any atom is 0.330 e. The number of hydrogen-bond donors (Lipinski definition) is 0. The van der Waals surface area contributed by atoms with E-state index >= 15 is 0 Å². The van der Waals surface area contributed by atoms with Gasteiger partial charge in [-0.25, -0.2) is 4.79 Å². The van der Waals surface area contributed by atoms with Crippen molar-refractivity contribution in [2.24, 2.45) is 28.6 Å². The Hall–Kier alpha value is -0.790. The summed E-state index contributed by atoms with van der Waals surface area (Å²) in [6.07, 6.45) is 13.3. The Kier molecular flexibility index (Phi) is 2.66. The molecule has 0 amide bonds. The van der Waals surface area contributed by atoms with Crippen LogP contribution in [0.25, 0.3) is 0 Å². The van der Waals surface area contributed by atoms with Crippen molar-refractivity contribution in [2.75, 3.05) is 0 Å². The predicted molar refractivity (Wildman–Crippen MR) is 78.0 cm³/mol. The fourth-order valence-electron chi connectivity index (χ4n) is 6.19. The molecule has 4 aliphatic rings. The van der Waals surface area contributed by atoms with Gasteiger partial charge < -0.3 is 4.74 Å². The van der Waals surface area contributed by atoms with Gasteiger partial charge in [0.25, 0.3) is 0 Å². The summed E-state index contributed by atoms with van der Waals surface area (Å²) in [6.45, 7) is 4.88. The summed E-state index contributed by atoms with van der Waals surface area (Å²) in [6, 6.07) is 0. The van der Waals surface area contributed by atoms with Crippen molar-refractivity contribution in [3.63, 3.8) is 0 Å². The lowest BCUT2D eigenvalue weighted by molar-refractivity contribution is -0.166. The van der Waals surface area contributed by atoms with E-state index < -0.39 is 0 Å². The number of carbonyl (C=O) groups excluding carboxylic acids is 1. The predicted octanol–water partition coefficient (Wildman–Crippen LogP) is 4.10. The molecule has 0 saturated heterocycles. The van der Waals surface area contributed by atoms with Crippen LogP contribution in [0.2, 0.25) is 0 Å². The van der Waals surface area contributed by atoms with E-state index in [0.717, 1.165) is 24.2 Å². The summed E-state index contributed by atoms with van der Waals surface area (Å²) in [4.78, 5) is 11.5. The van der Waals surface area contributed by atoms with Crippen LogP contribution in [0.3, 0.4) is 0 Å². The van der Waals surface area contributed by atoms with Crippen LogP contribution in [-0.4, -0.2) is 12.1 Å². The Morgan fingerprint density at radius 3 is 2.80 bits per heavy atom. The molecule has 1 aliphatic heterocycles. The van der Waals surface area contributed by atoms with Crippen molar-refractivity contribution >= 4 is 5.97 Å². The van der Waals surface area contributed by atoms with Crippen molar-refractivity contribution in [3.8, 4) is 0 Å². The minimum absolute atomic E-state index is 0.0980. The summed E-state index contributed by atoms with van der Waals surface area (Å²) < 4.78 is 5.65. The summed E-state index contributed by atoms with van der Waals surface area (Å²) in [5, 5.41) is 0. The highest BCUT2D eigenvalue weighted by atomic mass is 16.5. The largest absolute Gasteiger partial charge is 0.458 e. The average molecular weight is 274 g/mol. The van der Waals surface area contributed by atoms with E-state index in [-0.39, 0.29) is 17.5 Å².